The lowest BCUT2D eigenvalue weighted by molar-refractivity contribution is -0.113. The van der Waals surface area contributed by atoms with Gasteiger partial charge in [-0.3, -0.25) is 4.79 Å². The minimum absolute atomic E-state index is 0.183. The number of anilines is 1. The second-order valence-corrected chi connectivity index (χ2v) is 8.57. The van der Waals surface area contributed by atoms with Crippen molar-refractivity contribution in [2.24, 2.45) is 7.05 Å². The third-order valence-corrected chi connectivity index (χ3v) is 6.43. The van der Waals surface area contributed by atoms with E-state index in [1.807, 2.05) is 23.1 Å². The fourth-order valence-corrected chi connectivity index (χ4v) is 4.49. The molecule has 3 rings (SSSR count). The molecular formula is C15H11BrCl2N4OS2. The highest BCUT2D eigenvalue weighted by atomic mass is 79.9. The quantitative estimate of drug-likeness (QED) is 0.503. The lowest BCUT2D eigenvalue weighted by Gasteiger charge is -2.07. The molecule has 0 fully saturated rings. The van der Waals surface area contributed by atoms with Crippen molar-refractivity contribution in [2.45, 2.75) is 5.16 Å². The molecule has 0 aliphatic rings. The summed E-state index contributed by atoms with van der Waals surface area (Å²) in [5.74, 6) is 0.747. The predicted molar refractivity (Wildman–Crippen MR) is 108 cm³/mol. The van der Waals surface area contributed by atoms with Gasteiger partial charge in [0.05, 0.1) is 21.3 Å². The first kappa shape index (κ1) is 18.7. The SMILES string of the molecule is Cn1c(SCC(=O)Nc2cc(Cl)ccc2Cl)nnc1-c1cc(Br)cs1. The molecule has 130 valence electrons. The molecule has 0 spiro atoms. The Morgan fingerprint density at radius 2 is 2.16 bits per heavy atom. The van der Waals surface area contributed by atoms with Crippen LogP contribution in [0.25, 0.3) is 10.7 Å². The standard InChI is InChI=1S/C15H11BrCl2N4OS2/c1-22-14(12-4-8(16)6-24-12)20-21-15(22)25-7-13(23)19-11-5-9(17)2-3-10(11)18/h2-6H,7H2,1H3,(H,19,23). The Labute approximate surface area is 170 Å². The molecule has 0 atom stereocenters. The Kier molecular flexibility index (Phi) is 6.06. The van der Waals surface area contributed by atoms with Crippen LogP contribution in [0, 0.1) is 0 Å². The van der Waals surface area contributed by atoms with Crippen molar-refractivity contribution in [2.75, 3.05) is 11.1 Å². The Bertz CT molecular complexity index is 928. The molecule has 3 aromatic rings. The number of thiophene rings is 1. The van der Waals surface area contributed by atoms with Crippen LogP contribution in [0.15, 0.2) is 39.3 Å². The van der Waals surface area contributed by atoms with E-state index in [0.717, 1.165) is 15.2 Å². The van der Waals surface area contributed by atoms with E-state index in [9.17, 15) is 4.79 Å². The Hall–Kier alpha value is -1.06. The first-order valence-electron chi connectivity index (χ1n) is 6.95. The van der Waals surface area contributed by atoms with E-state index >= 15 is 0 Å². The molecule has 10 heteroatoms. The molecule has 5 nitrogen and oxygen atoms in total. The van der Waals surface area contributed by atoms with E-state index in [4.69, 9.17) is 23.2 Å². The van der Waals surface area contributed by atoms with Crippen LogP contribution in [0.5, 0.6) is 0 Å². The van der Waals surface area contributed by atoms with E-state index in [1.54, 1.807) is 29.5 Å². The van der Waals surface area contributed by atoms with Gasteiger partial charge in [-0.25, -0.2) is 0 Å². The third-order valence-electron chi connectivity index (χ3n) is 3.16. The van der Waals surface area contributed by atoms with Crippen LogP contribution < -0.4 is 5.32 Å². The van der Waals surface area contributed by atoms with Crippen LogP contribution >= 0.6 is 62.2 Å². The number of aromatic nitrogens is 3. The summed E-state index contributed by atoms with van der Waals surface area (Å²) < 4.78 is 2.87. The molecule has 1 aromatic carbocycles. The monoisotopic (exact) mass is 476 g/mol. The van der Waals surface area contributed by atoms with Gasteiger partial charge < -0.3 is 9.88 Å². The maximum atomic E-state index is 12.1. The number of halogens is 3. The Morgan fingerprint density at radius 3 is 2.88 bits per heavy atom. The second kappa shape index (κ2) is 8.09. The van der Waals surface area contributed by atoms with Crippen LogP contribution in [0.2, 0.25) is 10.0 Å². The zero-order valence-electron chi connectivity index (χ0n) is 12.8. The highest BCUT2D eigenvalue weighted by Crippen LogP contribution is 2.30. The van der Waals surface area contributed by atoms with Crippen molar-refractivity contribution in [1.29, 1.82) is 0 Å². The molecule has 0 saturated carbocycles. The van der Waals surface area contributed by atoms with Gasteiger partial charge in [0.2, 0.25) is 5.91 Å². The number of thioether (sulfide) groups is 1. The van der Waals surface area contributed by atoms with E-state index in [0.29, 0.717) is 20.9 Å². The molecule has 0 radical (unpaired) electrons. The van der Waals surface area contributed by atoms with Gasteiger partial charge in [0.25, 0.3) is 0 Å². The van der Waals surface area contributed by atoms with Crippen molar-refractivity contribution in [3.8, 4) is 10.7 Å². The molecule has 1 N–H and O–H groups in total. The van der Waals surface area contributed by atoms with Gasteiger partial charge in [0.1, 0.15) is 0 Å². The minimum atomic E-state index is -0.197. The molecule has 0 aliphatic carbocycles. The summed E-state index contributed by atoms with van der Waals surface area (Å²) in [5.41, 5.74) is 0.488. The molecule has 2 heterocycles. The number of nitrogens with one attached hydrogen (secondary N) is 1. The highest BCUT2D eigenvalue weighted by molar-refractivity contribution is 9.10. The normalized spacial score (nSPS) is 10.9. The van der Waals surface area contributed by atoms with Crippen LogP contribution in [-0.4, -0.2) is 26.4 Å². The maximum Gasteiger partial charge on any atom is 0.234 e. The number of nitrogens with zero attached hydrogens (tertiary/aromatic N) is 3. The molecule has 2 aromatic heterocycles. The van der Waals surface area contributed by atoms with Crippen molar-refractivity contribution < 1.29 is 4.79 Å². The minimum Gasteiger partial charge on any atom is -0.324 e. The highest BCUT2D eigenvalue weighted by Gasteiger charge is 2.15. The summed E-state index contributed by atoms with van der Waals surface area (Å²) in [5, 5.41) is 14.7. The molecule has 0 saturated heterocycles. The first-order valence-corrected chi connectivity index (χ1v) is 10.4. The van der Waals surface area contributed by atoms with Crippen LogP contribution in [0.1, 0.15) is 0 Å². The summed E-state index contributed by atoms with van der Waals surface area (Å²) in [6.45, 7) is 0. The van der Waals surface area contributed by atoms with Gasteiger partial charge in [0.15, 0.2) is 11.0 Å². The third kappa shape index (κ3) is 4.57. The molecule has 25 heavy (non-hydrogen) atoms. The number of hydrogen-bond acceptors (Lipinski definition) is 5. The molecule has 0 bridgehead atoms. The maximum absolute atomic E-state index is 12.1. The van der Waals surface area contributed by atoms with Gasteiger partial charge in [-0.1, -0.05) is 35.0 Å². The summed E-state index contributed by atoms with van der Waals surface area (Å²) in [6.07, 6.45) is 0. The van der Waals surface area contributed by atoms with Crippen molar-refractivity contribution in [1.82, 2.24) is 14.8 Å². The molecular weight excluding hydrogens is 467 g/mol. The lowest BCUT2D eigenvalue weighted by atomic mass is 10.3. The summed E-state index contributed by atoms with van der Waals surface area (Å²) in [7, 11) is 1.87. The van der Waals surface area contributed by atoms with Gasteiger partial charge in [-0.15, -0.1) is 21.5 Å². The van der Waals surface area contributed by atoms with Gasteiger partial charge >= 0.3 is 0 Å². The summed E-state index contributed by atoms with van der Waals surface area (Å²) >= 11 is 18.3. The molecule has 1 amide bonds. The van der Waals surface area contributed by atoms with Gasteiger partial charge in [-0.2, -0.15) is 0 Å². The van der Waals surface area contributed by atoms with E-state index in [1.165, 1.54) is 11.8 Å². The zero-order chi connectivity index (χ0) is 18.0. The smallest absolute Gasteiger partial charge is 0.234 e. The number of carbonyl (C=O) groups excluding carboxylic acids is 1. The van der Waals surface area contributed by atoms with Crippen molar-refractivity contribution >= 4 is 73.8 Å². The molecule has 0 unspecified atom stereocenters. The number of rotatable bonds is 5. The average molecular weight is 478 g/mol. The van der Waals surface area contributed by atoms with Gasteiger partial charge in [0, 0.05) is 21.9 Å². The Balaban J connectivity index is 1.65. The number of hydrogen-bond donors (Lipinski definition) is 1. The van der Waals surface area contributed by atoms with Crippen LogP contribution in [0.3, 0.4) is 0 Å². The van der Waals surface area contributed by atoms with E-state index in [2.05, 4.69) is 31.4 Å². The van der Waals surface area contributed by atoms with E-state index < -0.39 is 0 Å². The van der Waals surface area contributed by atoms with Crippen molar-refractivity contribution in [3.05, 3.63) is 44.2 Å². The Morgan fingerprint density at radius 1 is 1.36 bits per heavy atom. The summed E-state index contributed by atoms with van der Waals surface area (Å²) in [4.78, 5) is 13.1. The van der Waals surface area contributed by atoms with Crippen LogP contribution in [-0.2, 0) is 11.8 Å². The van der Waals surface area contributed by atoms with Gasteiger partial charge in [-0.05, 0) is 40.2 Å². The first-order chi connectivity index (χ1) is 11.9. The number of benzene rings is 1. The summed E-state index contributed by atoms with van der Waals surface area (Å²) in [6, 6.07) is 6.90. The zero-order valence-corrected chi connectivity index (χ0v) is 17.5. The number of amides is 1. The largest absolute Gasteiger partial charge is 0.324 e. The van der Waals surface area contributed by atoms with Crippen molar-refractivity contribution in [3.63, 3.8) is 0 Å². The van der Waals surface area contributed by atoms with Crippen LogP contribution in [0.4, 0.5) is 5.69 Å². The fraction of sp³-hybridized carbons (Fsp3) is 0.133. The number of carbonyl (C=O) groups is 1. The second-order valence-electron chi connectivity index (χ2n) is 4.96. The molecule has 0 aliphatic heterocycles. The predicted octanol–water partition coefficient (Wildman–Crippen LogP) is 5.34. The van der Waals surface area contributed by atoms with E-state index in [-0.39, 0.29) is 11.7 Å². The topological polar surface area (TPSA) is 59.8 Å². The average Bonchev–Trinajstić information content (AvgIpc) is 3.15. The lowest BCUT2D eigenvalue weighted by Crippen LogP contribution is -2.14. The fourth-order valence-electron chi connectivity index (χ4n) is 2.00.